The minimum Gasteiger partial charge on any atom is -0.349 e. The second-order valence-electron chi connectivity index (χ2n) is 9.25. The van der Waals surface area contributed by atoms with Crippen LogP contribution in [0.5, 0.6) is 0 Å². The highest BCUT2D eigenvalue weighted by atomic mass is 32.2. The molecule has 0 aromatic heterocycles. The number of carbonyl (C=O) groups is 1. The van der Waals surface area contributed by atoms with E-state index in [-0.39, 0.29) is 23.1 Å². The van der Waals surface area contributed by atoms with Gasteiger partial charge < -0.3 is 5.32 Å². The highest BCUT2D eigenvalue weighted by Crippen LogP contribution is 2.61. The first-order valence-electron chi connectivity index (χ1n) is 9.80. The Hall–Kier alpha value is -1.36. The number of amides is 1. The molecule has 0 heterocycles. The van der Waals surface area contributed by atoms with Gasteiger partial charge in [0.25, 0.3) is 5.91 Å². The van der Waals surface area contributed by atoms with E-state index >= 15 is 0 Å². The van der Waals surface area contributed by atoms with Crippen molar-refractivity contribution in [3.8, 4) is 0 Å². The van der Waals surface area contributed by atoms with Gasteiger partial charge in [-0.3, -0.25) is 4.79 Å². The van der Waals surface area contributed by atoms with Crippen LogP contribution in [0.2, 0.25) is 0 Å². The predicted octanol–water partition coefficient (Wildman–Crippen LogP) is 3.57. The molecule has 0 aliphatic heterocycles. The van der Waals surface area contributed by atoms with Crippen LogP contribution < -0.4 is 5.32 Å². The highest BCUT2D eigenvalue weighted by Gasteiger charge is 2.53. The summed E-state index contributed by atoms with van der Waals surface area (Å²) in [6.45, 7) is 2.17. The summed E-state index contributed by atoms with van der Waals surface area (Å²) in [4.78, 5) is 12.8. The molecule has 4 bridgehead atoms. The molecule has 26 heavy (non-hydrogen) atoms. The molecule has 4 nitrogen and oxygen atoms in total. The van der Waals surface area contributed by atoms with E-state index in [9.17, 15) is 13.2 Å². The third kappa shape index (κ3) is 3.55. The van der Waals surface area contributed by atoms with Crippen LogP contribution in [-0.2, 0) is 15.6 Å². The fraction of sp³-hybridized carbons (Fsp3) is 0.667. The van der Waals surface area contributed by atoms with Gasteiger partial charge in [0.2, 0.25) is 0 Å². The number of benzene rings is 1. The van der Waals surface area contributed by atoms with Crippen LogP contribution in [0.4, 0.5) is 0 Å². The summed E-state index contributed by atoms with van der Waals surface area (Å²) in [5.74, 6) is 2.47. The third-order valence-electron chi connectivity index (χ3n) is 6.97. The molecule has 4 saturated carbocycles. The zero-order chi connectivity index (χ0) is 18.5. The normalized spacial score (nSPS) is 33.8. The average molecular weight is 376 g/mol. The summed E-state index contributed by atoms with van der Waals surface area (Å²) in [6.07, 6.45) is 9.18. The van der Waals surface area contributed by atoms with Gasteiger partial charge in [-0.15, -0.1) is 0 Å². The lowest BCUT2D eigenvalue weighted by molar-refractivity contribution is -0.0688. The summed E-state index contributed by atoms with van der Waals surface area (Å²) >= 11 is 0. The van der Waals surface area contributed by atoms with Gasteiger partial charge in [-0.1, -0.05) is 12.1 Å². The van der Waals surface area contributed by atoms with Crippen LogP contribution in [0.25, 0.3) is 0 Å². The fourth-order valence-electron chi connectivity index (χ4n) is 6.25. The lowest BCUT2D eigenvalue weighted by Crippen LogP contribution is -2.55. The van der Waals surface area contributed by atoms with Crippen molar-refractivity contribution in [2.24, 2.45) is 23.2 Å². The molecule has 1 atom stereocenters. The third-order valence-corrected chi connectivity index (χ3v) is 7.83. The number of carbonyl (C=O) groups excluding carboxylic acids is 1. The zero-order valence-corrected chi connectivity index (χ0v) is 16.5. The first-order valence-corrected chi connectivity index (χ1v) is 11.9. The molecular weight excluding hydrogens is 346 g/mol. The van der Waals surface area contributed by atoms with E-state index in [1.807, 2.05) is 0 Å². The summed E-state index contributed by atoms with van der Waals surface area (Å²) in [6, 6.07) is 7.18. The minimum atomic E-state index is -3.11. The zero-order valence-electron chi connectivity index (χ0n) is 15.7. The molecule has 5 heteroatoms. The Morgan fingerprint density at radius 1 is 1.15 bits per heavy atom. The molecule has 1 amide bonds. The molecule has 5 rings (SSSR count). The van der Waals surface area contributed by atoms with E-state index in [2.05, 4.69) is 12.2 Å². The Labute approximate surface area is 156 Å². The molecule has 0 saturated heterocycles. The maximum Gasteiger partial charge on any atom is 0.251 e. The van der Waals surface area contributed by atoms with Gasteiger partial charge >= 0.3 is 0 Å². The Bertz CT molecular complexity index is 779. The van der Waals surface area contributed by atoms with Gasteiger partial charge in [0.1, 0.15) is 0 Å². The quantitative estimate of drug-likeness (QED) is 0.856. The molecule has 142 valence electrons. The molecule has 4 fully saturated rings. The second-order valence-corrected chi connectivity index (χ2v) is 11.4. The van der Waals surface area contributed by atoms with Crippen molar-refractivity contribution in [3.63, 3.8) is 0 Å². The molecule has 0 radical (unpaired) electrons. The van der Waals surface area contributed by atoms with Crippen molar-refractivity contribution in [2.45, 2.75) is 57.2 Å². The van der Waals surface area contributed by atoms with Gasteiger partial charge in [-0.2, -0.15) is 0 Å². The van der Waals surface area contributed by atoms with Crippen molar-refractivity contribution in [1.29, 1.82) is 0 Å². The highest BCUT2D eigenvalue weighted by molar-refractivity contribution is 7.89. The molecular formula is C21H29NO3S. The van der Waals surface area contributed by atoms with E-state index < -0.39 is 9.84 Å². The van der Waals surface area contributed by atoms with Crippen molar-refractivity contribution in [3.05, 3.63) is 35.4 Å². The average Bonchev–Trinajstić information content (AvgIpc) is 2.52. The SMILES string of the molecule is C[C@@H](NC(=O)c1cccc(CS(C)(=O)=O)c1)C12CC3CC(CC(C3)C1)C2. The summed E-state index contributed by atoms with van der Waals surface area (Å²) in [7, 11) is -3.11. The van der Waals surface area contributed by atoms with Crippen molar-refractivity contribution < 1.29 is 13.2 Å². The maximum atomic E-state index is 12.8. The van der Waals surface area contributed by atoms with Crippen LogP contribution in [-0.4, -0.2) is 26.6 Å². The molecule has 1 aromatic carbocycles. The molecule has 0 unspecified atom stereocenters. The molecule has 1 aromatic rings. The van der Waals surface area contributed by atoms with Crippen LogP contribution in [0, 0.1) is 23.2 Å². The Morgan fingerprint density at radius 2 is 1.73 bits per heavy atom. The lowest BCUT2D eigenvalue weighted by atomic mass is 9.48. The van der Waals surface area contributed by atoms with E-state index in [0.29, 0.717) is 11.1 Å². The monoisotopic (exact) mass is 375 g/mol. The number of hydrogen-bond donors (Lipinski definition) is 1. The van der Waals surface area contributed by atoms with Crippen LogP contribution >= 0.6 is 0 Å². The number of rotatable bonds is 5. The van der Waals surface area contributed by atoms with Gasteiger partial charge in [-0.25, -0.2) is 8.42 Å². The van der Waals surface area contributed by atoms with E-state index in [4.69, 9.17) is 0 Å². The Balaban J connectivity index is 1.47. The summed E-state index contributed by atoms with van der Waals surface area (Å²) in [5, 5.41) is 3.25. The van der Waals surface area contributed by atoms with Crippen molar-refractivity contribution >= 4 is 15.7 Å². The van der Waals surface area contributed by atoms with Gasteiger partial charge in [0.15, 0.2) is 9.84 Å². The van der Waals surface area contributed by atoms with E-state index in [1.165, 1.54) is 44.8 Å². The number of sulfone groups is 1. The second kappa shape index (κ2) is 6.36. The molecule has 4 aliphatic carbocycles. The van der Waals surface area contributed by atoms with Gasteiger partial charge in [0, 0.05) is 17.9 Å². The maximum absolute atomic E-state index is 12.8. The minimum absolute atomic E-state index is 0.0291. The Morgan fingerprint density at radius 3 is 2.27 bits per heavy atom. The van der Waals surface area contributed by atoms with Gasteiger partial charge in [-0.05, 0) is 86.3 Å². The number of hydrogen-bond acceptors (Lipinski definition) is 3. The van der Waals surface area contributed by atoms with Crippen LogP contribution in [0.3, 0.4) is 0 Å². The van der Waals surface area contributed by atoms with E-state index in [1.54, 1.807) is 24.3 Å². The Kier molecular flexibility index (Phi) is 4.41. The van der Waals surface area contributed by atoms with E-state index in [0.717, 1.165) is 17.8 Å². The van der Waals surface area contributed by atoms with Gasteiger partial charge in [0.05, 0.1) is 5.75 Å². The van der Waals surface area contributed by atoms with Crippen LogP contribution in [0.1, 0.15) is 61.4 Å². The first kappa shape index (κ1) is 18.0. The van der Waals surface area contributed by atoms with Crippen molar-refractivity contribution in [1.82, 2.24) is 5.32 Å². The largest absolute Gasteiger partial charge is 0.349 e. The topological polar surface area (TPSA) is 63.2 Å². The lowest BCUT2D eigenvalue weighted by Gasteiger charge is -2.59. The van der Waals surface area contributed by atoms with Crippen molar-refractivity contribution in [2.75, 3.05) is 6.26 Å². The standard InChI is InChI=1S/C21H29NO3S/c1-14(21-10-16-6-17(11-21)8-18(7-16)12-21)22-20(23)19-5-3-4-15(9-19)13-26(2,24)25/h3-5,9,14,16-18H,6-8,10-13H2,1-2H3,(H,22,23)/t14-,16?,17?,18?,21?/m1/s1. The summed E-state index contributed by atoms with van der Waals surface area (Å²) in [5.41, 5.74) is 1.50. The first-order chi connectivity index (χ1) is 12.2. The number of nitrogens with one attached hydrogen (secondary N) is 1. The predicted molar refractivity (Wildman–Crippen MR) is 103 cm³/mol. The van der Waals surface area contributed by atoms with Crippen LogP contribution in [0.15, 0.2) is 24.3 Å². The smallest absolute Gasteiger partial charge is 0.251 e. The molecule has 1 N–H and O–H groups in total. The molecule has 0 spiro atoms. The fourth-order valence-corrected chi connectivity index (χ4v) is 7.03. The molecule has 4 aliphatic rings. The summed E-state index contributed by atoms with van der Waals surface area (Å²) < 4.78 is 23.0.